The molecule has 2 rings (SSSR count). The lowest BCUT2D eigenvalue weighted by atomic mass is 10.1. The minimum absolute atomic E-state index is 0.0523. The average Bonchev–Trinajstić information content (AvgIpc) is 2.45. The Balaban J connectivity index is 2.32. The van der Waals surface area contributed by atoms with Crippen molar-refractivity contribution in [3.8, 4) is 5.75 Å². The summed E-state index contributed by atoms with van der Waals surface area (Å²) < 4.78 is 6.43. The van der Waals surface area contributed by atoms with Crippen LogP contribution in [-0.2, 0) is 6.61 Å². The maximum Gasteiger partial charge on any atom is 0.343 e. The number of ether oxygens (including phenoxy) is 1. The zero-order chi connectivity index (χ0) is 15.4. The number of halogens is 1. The monoisotopic (exact) mass is 399 g/mol. The molecule has 0 aliphatic heterocycles. The van der Waals surface area contributed by atoms with Crippen LogP contribution in [0.2, 0.25) is 0 Å². The molecule has 0 unspecified atom stereocenters. The van der Waals surface area contributed by atoms with Gasteiger partial charge in [0.15, 0.2) is 0 Å². The number of benzene rings is 2. The first kappa shape index (κ1) is 15.2. The van der Waals surface area contributed by atoms with Gasteiger partial charge in [0.2, 0.25) is 0 Å². The van der Waals surface area contributed by atoms with Gasteiger partial charge in [-0.25, -0.2) is 4.79 Å². The Bertz CT molecular complexity index is 702. The van der Waals surface area contributed by atoms with Crippen molar-refractivity contribution in [2.24, 2.45) is 0 Å². The molecule has 0 amide bonds. The van der Waals surface area contributed by atoms with E-state index in [0.717, 1.165) is 3.57 Å². The summed E-state index contributed by atoms with van der Waals surface area (Å²) >= 11 is 2.09. The van der Waals surface area contributed by atoms with Crippen LogP contribution < -0.4 is 4.74 Å². The number of carboxylic acid groups (broad SMARTS) is 1. The molecule has 0 atom stereocenters. The van der Waals surface area contributed by atoms with E-state index in [1.807, 2.05) is 12.1 Å². The zero-order valence-electron chi connectivity index (χ0n) is 10.7. The van der Waals surface area contributed by atoms with Crippen molar-refractivity contribution in [1.82, 2.24) is 0 Å². The second-order valence-corrected chi connectivity index (χ2v) is 5.25. The van der Waals surface area contributed by atoms with Gasteiger partial charge in [-0.1, -0.05) is 24.3 Å². The van der Waals surface area contributed by atoms with E-state index in [-0.39, 0.29) is 17.7 Å². The van der Waals surface area contributed by atoms with Crippen molar-refractivity contribution in [3.05, 3.63) is 67.3 Å². The molecule has 2 aromatic rings. The third-order valence-corrected chi connectivity index (χ3v) is 3.65. The van der Waals surface area contributed by atoms with Crippen molar-refractivity contribution in [2.75, 3.05) is 0 Å². The highest BCUT2D eigenvalue weighted by molar-refractivity contribution is 14.1. The molecule has 108 valence electrons. The van der Waals surface area contributed by atoms with Crippen LogP contribution in [0.1, 0.15) is 15.9 Å². The van der Waals surface area contributed by atoms with Crippen molar-refractivity contribution in [3.63, 3.8) is 0 Å². The third-order valence-electron chi connectivity index (χ3n) is 2.76. The topological polar surface area (TPSA) is 89.7 Å². The molecule has 1 N–H and O–H groups in total. The van der Waals surface area contributed by atoms with Gasteiger partial charge in [-0.2, -0.15) is 0 Å². The first-order valence-electron chi connectivity index (χ1n) is 5.87. The fourth-order valence-corrected chi connectivity index (χ4v) is 2.37. The van der Waals surface area contributed by atoms with E-state index >= 15 is 0 Å². The predicted molar refractivity (Wildman–Crippen MR) is 83.5 cm³/mol. The molecule has 0 aliphatic rings. The second kappa shape index (κ2) is 6.53. The number of nitro groups is 1. The first-order valence-corrected chi connectivity index (χ1v) is 6.95. The van der Waals surface area contributed by atoms with Gasteiger partial charge in [0.1, 0.15) is 17.9 Å². The molecule has 7 heteroatoms. The Hall–Kier alpha value is -2.16. The van der Waals surface area contributed by atoms with Gasteiger partial charge < -0.3 is 9.84 Å². The summed E-state index contributed by atoms with van der Waals surface area (Å²) in [5, 5.41) is 20.1. The van der Waals surface area contributed by atoms with E-state index in [2.05, 4.69) is 22.6 Å². The normalized spacial score (nSPS) is 10.1. The van der Waals surface area contributed by atoms with E-state index in [4.69, 9.17) is 4.74 Å². The lowest BCUT2D eigenvalue weighted by Crippen LogP contribution is -2.09. The molecule has 0 bridgehead atoms. The lowest BCUT2D eigenvalue weighted by Gasteiger charge is -2.10. The van der Waals surface area contributed by atoms with Crippen LogP contribution >= 0.6 is 22.6 Å². The molecule has 0 radical (unpaired) electrons. The number of para-hydroxylation sites is 1. The fraction of sp³-hybridized carbons (Fsp3) is 0.0714. The van der Waals surface area contributed by atoms with E-state index in [1.165, 1.54) is 18.2 Å². The molecule has 2 aromatic carbocycles. The van der Waals surface area contributed by atoms with Gasteiger partial charge in [-0.05, 0) is 34.7 Å². The highest BCUT2D eigenvalue weighted by Crippen LogP contribution is 2.25. The van der Waals surface area contributed by atoms with Crippen molar-refractivity contribution in [1.29, 1.82) is 0 Å². The van der Waals surface area contributed by atoms with Crippen LogP contribution in [0.5, 0.6) is 5.75 Å². The molecule has 0 aromatic heterocycles. The standard InChI is InChI=1S/C14H10INO5/c15-10-5-1-2-7-12(10)21-8-9-4-3-6-11(16(19)20)13(9)14(17)18/h1-7H,8H2,(H,17,18). The zero-order valence-corrected chi connectivity index (χ0v) is 12.8. The van der Waals surface area contributed by atoms with Gasteiger partial charge >= 0.3 is 5.97 Å². The molecular weight excluding hydrogens is 389 g/mol. The molecule has 0 spiro atoms. The number of rotatable bonds is 5. The van der Waals surface area contributed by atoms with Crippen molar-refractivity contribution in [2.45, 2.75) is 6.61 Å². The molecule has 0 saturated carbocycles. The quantitative estimate of drug-likeness (QED) is 0.473. The van der Waals surface area contributed by atoms with Gasteiger partial charge in [-0.15, -0.1) is 0 Å². The number of nitrogens with zero attached hydrogens (tertiary/aromatic N) is 1. The van der Waals surface area contributed by atoms with Crippen LogP contribution in [0.4, 0.5) is 5.69 Å². The second-order valence-electron chi connectivity index (χ2n) is 4.09. The Morgan fingerprint density at radius 2 is 1.95 bits per heavy atom. The highest BCUT2D eigenvalue weighted by Gasteiger charge is 2.23. The minimum atomic E-state index is -1.34. The van der Waals surface area contributed by atoms with Crippen LogP contribution in [0.3, 0.4) is 0 Å². The summed E-state index contributed by atoms with van der Waals surface area (Å²) in [4.78, 5) is 21.5. The average molecular weight is 399 g/mol. The molecule has 0 heterocycles. The summed E-state index contributed by atoms with van der Waals surface area (Å²) in [5.41, 5.74) is -0.517. The third kappa shape index (κ3) is 3.48. The summed E-state index contributed by atoms with van der Waals surface area (Å²) in [7, 11) is 0. The molecule has 6 nitrogen and oxygen atoms in total. The Morgan fingerprint density at radius 3 is 2.57 bits per heavy atom. The fourth-order valence-electron chi connectivity index (χ4n) is 1.82. The summed E-state index contributed by atoms with van der Waals surface area (Å²) in [5.74, 6) is -0.746. The van der Waals surface area contributed by atoms with Crippen LogP contribution in [0.15, 0.2) is 42.5 Å². The summed E-state index contributed by atoms with van der Waals surface area (Å²) in [6.07, 6.45) is 0. The maximum absolute atomic E-state index is 11.3. The van der Waals surface area contributed by atoms with Gasteiger partial charge in [0, 0.05) is 11.6 Å². The SMILES string of the molecule is O=C(O)c1c(COc2ccccc2I)cccc1[N+](=O)[O-]. The van der Waals surface area contributed by atoms with Crippen LogP contribution in [0.25, 0.3) is 0 Å². The van der Waals surface area contributed by atoms with E-state index in [1.54, 1.807) is 12.1 Å². The Morgan fingerprint density at radius 1 is 1.24 bits per heavy atom. The minimum Gasteiger partial charge on any atom is -0.488 e. The highest BCUT2D eigenvalue weighted by atomic mass is 127. The van der Waals surface area contributed by atoms with Gasteiger partial charge in [0.05, 0.1) is 8.49 Å². The van der Waals surface area contributed by atoms with Crippen LogP contribution in [-0.4, -0.2) is 16.0 Å². The van der Waals surface area contributed by atoms with Crippen molar-refractivity contribution >= 4 is 34.2 Å². The number of aromatic carboxylic acids is 1. The lowest BCUT2D eigenvalue weighted by molar-refractivity contribution is -0.385. The summed E-state index contributed by atoms with van der Waals surface area (Å²) in [6.45, 7) is -0.0523. The van der Waals surface area contributed by atoms with Gasteiger partial charge in [0.25, 0.3) is 5.69 Å². The molecule has 0 fully saturated rings. The number of nitro benzene ring substituents is 1. The molecular formula is C14H10INO5. The molecule has 21 heavy (non-hydrogen) atoms. The molecule has 0 saturated heterocycles. The number of carboxylic acids is 1. The number of carbonyl (C=O) groups is 1. The number of hydrogen-bond acceptors (Lipinski definition) is 4. The van der Waals surface area contributed by atoms with Crippen molar-refractivity contribution < 1.29 is 19.6 Å². The Kier molecular flexibility index (Phi) is 4.73. The van der Waals surface area contributed by atoms with E-state index < -0.39 is 16.6 Å². The largest absolute Gasteiger partial charge is 0.488 e. The van der Waals surface area contributed by atoms with E-state index in [0.29, 0.717) is 5.75 Å². The van der Waals surface area contributed by atoms with Gasteiger partial charge in [-0.3, -0.25) is 10.1 Å². The smallest absolute Gasteiger partial charge is 0.343 e. The first-order chi connectivity index (χ1) is 10.0. The van der Waals surface area contributed by atoms with E-state index in [9.17, 15) is 20.0 Å². The maximum atomic E-state index is 11.3. The summed E-state index contributed by atoms with van der Waals surface area (Å²) in [6, 6.07) is 11.4. The predicted octanol–water partition coefficient (Wildman–Crippen LogP) is 3.48. The Labute approximate surface area is 133 Å². The van der Waals surface area contributed by atoms with Crippen LogP contribution in [0, 0.1) is 13.7 Å². The number of hydrogen-bond donors (Lipinski definition) is 1. The molecule has 0 aliphatic carbocycles.